The molecule has 5 N–H and O–H groups in total. The van der Waals surface area contributed by atoms with Gasteiger partial charge in [-0.3, -0.25) is 4.79 Å². The summed E-state index contributed by atoms with van der Waals surface area (Å²) >= 11 is 0. The minimum absolute atomic E-state index is 0.0922. The fourth-order valence-corrected chi connectivity index (χ4v) is 1.28. The van der Waals surface area contributed by atoms with Gasteiger partial charge in [0.05, 0.1) is 16.9 Å². The molecule has 92 valence electrons. The highest BCUT2D eigenvalue weighted by molar-refractivity contribution is 5.90. The number of carbonyl (C=O) groups is 2. The second-order valence-electron chi connectivity index (χ2n) is 3.46. The number of amides is 1. The SMILES string of the molecule is CNC(=O)CCNc1cc(C(=O)O)ccc1N. The summed E-state index contributed by atoms with van der Waals surface area (Å²) in [6.07, 6.45) is 0.299. The summed E-state index contributed by atoms with van der Waals surface area (Å²) in [6.45, 7) is 0.396. The Balaban J connectivity index is 2.66. The van der Waals surface area contributed by atoms with E-state index in [4.69, 9.17) is 10.8 Å². The lowest BCUT2D eigenvalue weighted by molar-refractivity contribution is -0.120. The van der Waals surface area contributed by atoms with Crippen molar-refractivity contribution >= 4 is 23.3 Å². The lowest BCUT2D eigenvalue weighted by atomic mass is 10.1. The van der Waals surface area contributed by atoms with Gasteiger partial charge in [0, 0.05) is 20.0 Å². The van der Waals surface area contributed by atoms with E-state index in [1.54, 1.807) is 7.05 Å². The molecule has 0 aromatic heterocycles. The van der Waals surface area contributed by atoms with Crippen molar-refractivity contribution in [2.75, 3.05) is 24.6 Å². The summed E-state index contributed by atoms with van der Waals surface area (Å²) in [4.78, 5) is 21.7. The van der Waals surface area contributed by atoms with E-state index in [-0.39, 0.29) is 11.5 Å². The number of hydrogen-bond donors (Lipinski definition) is 4. The van der Waals surface area contributed by atoms with Gasteiger partial charge < -0.3 is 21.5 Å². The van der Waals surface area contributed by atoms with E-state index in [0.29, 0.717) is 24.3 Å². The Bertz CT molecular complexity index is 432. The Morgan fingerprint density at radius 1 is 1.41 bits per heavy atom. The van der Waals surface area contributed by atoms with Crippen molar-refractivity contribution in [3.8, 4) is 0 Å². The predicted molar refractivity (Wildman–Crippen MR) is 65.0 cm³/mol. The lowest BCUT2D eigenvalue weighted by Gasteiger charge is -2.09. The molecule has 0 aliphatic heterocycles. The highest BCUT2D eigenvalue weighted by atomic mass is 16.4. The number of rotatable bonds is 5. The molecule has 1 rings (SSSR count). The maximum Gasteiger partial charge on any atom is 0.335 e. The molecule has 6 nitrogen and oxygen atoms in total. The third-order valence-electron chi connectivity index (χ3n) is 2.25. The standard InChI is InChI=1S/C11H15N3O3/c1-13-10(15)4-5-14-9-6-7(11(16)17)2-3-8(9)12/h2-3,6,14H,4-5,12H2,1H3,(H,13,15)(H,16,17). The summed E-state index contributed by atoms with van der Waals surface area (Å²) in [5.74, 6) is -1.11. The molecule has 0 atom stereocenters. The number of nitrogen functional groups attached to an aromatic ring is 1. The fourth-order valence-electron chi connectivity index (χ4n) is 1.28. The normalized spacial score (nSPS) is 9.71. The molecular formula is C11H15N3O3. The molecule has 1 amide bonds. The van der Waals surface area contributed by atoms with Crippen molar-refractivity contribution in [2.24, 2.45) is 0 Å². The van der Waals surface area contributed by atoms with E-state index in [0.717, 1.165) is 0 Å². The van der Waals surface area contributed by atoms with Crippen LogP contribution in [0.15, 0.2) is 18.2 Å². The van der Waals surface area contributed by atoms with Gasteiger partial charge in [0.2, 0.25) is 5.91 Å². The Hall–Kier alpha value is -2.24. The Morgan fingerprint density at radius 2 is 2.12 bits per heavy atom. The molecule has 1 aromatic carbocycles. The van der Waals surface area contributed by atoms with E-state index >= 15 is 0 Å². The first-order valence-corrected chi connectivity index (χ1v) is 5.12. The molecule has 0 spiro atoms. The maximum absolute atomic E-state index is 11.0. The average Bonchev–Trinajstić information content (AvgIpc) is 2.30. The van der Waals surface area contributed by atoms with Gasteiger partial charge in [-0.1, -0.05) is 0 Å². The zero-order chi connectivity index (χ0) is 12.8. The van der Waals surface area contributed by atoms with Crippen LogP contribution in [-0.4, -0.2) is 30.6 Å². The first-order valence-electron chi connectivity index (χ1n) is 5.12. The molecule has 0 saturated heterocycles. The first kappa shape index (κ1) is 12.8. The number of carboxylic acid groups (broad SMARTS) is 1. The van der Waals surface area contributed by atoms with Crippen LogP contribution in [0.2, 0.25) is 0 Å². The molecule has 0 heterocycles. The molecule has 1 aromatic rings. The van der Waals surface area contributed by atoms with Crippen LogP contribution in [0.5, 0.6) is 0 Å². The van der Waals surface area contributed by atoms with Crippen LogP contribution >= 0.6 is 0 Å². The minimum Gasteiger partial charge on any atom is -0.478 e. The smallest absolute Gasteiger partial charge is 0.335 e. The van der Waals surface area contributed by atoms with E-state index in [2.05, 4.69) is 10.6 Å². The highest BCUT2D eigenvalue weighted by Crippen LogP contribution is 2.19. The van der Waals surface area contributed by atoms with Crippen LogP contribution in [-0.2, 0) is 4.79 Å². The Labute approximate surface area is 98.8 Å². The van der Waals surface area contributed by atoms with Crippen molar-refractivity contribution in [3.63, 3.8) is 0 Å². The van der Waals surface area contributed by atoms with Crippen LogP contribution < -0.4 is 16.4 Å². The second-order valence-corrected chi connectivity index (χ2v) is 3.46. The van der Waals surface area contributed by atoms with Crippen LogP contribution in [0, 0.1) is 0 Å². The van der Waals surface area contributed by atoms with E-state index in [1.165, 1.54) is 18.2 Å². The van der Waals surface area contributed by atoms with Crippen molar-refractivity contribution in [2.45, 2.75) is 6.42 Å². The number of hydrogen-bond acceptors (Lipinski definition) is 4. The number of nitrogens with one attached hydrogen (secondary N) is 2. The third-order valence-corrected chi connectivity index (χ3v) is 2.25. The largest absolute Gasteiger partial charge is 0.478 e. The second kappa shape index (κ2) is 5.74. The van der Waals surface area contributed by atoms with Gasteiger partial charge in [0.15, 0.2) is 0 Å². The first-order chi connectivity index (χ1) is 8.04. The number of carboxylic acids is 1. The van der Waals surface area contributed by atoms with Gasteiger partial charge in [0.1, 0.15) is 0 Å². The molecule has 0 aliphatic rings. The quantitative estimate of drug-likeness (QED) is 0.559. The maximum atomic E-state index is 11.0. The molecule has 0 fully saturated rings. The van der Waals surface area contributed by atoms with Gasteiger partial charge >= 0.3 is 5.97 Å². The molecule has 0 radical (unpaired) electrons. The molecule has 0 unspecified atom stereocenters. The van der Waals surface area contributed by atoms with Crippen molar-refractivity contribution in [3.05, 3.63) is 23.8 Å². The van der Waals surface area contributed by atoms with Gasteiger partial charge in [-0.2, -0.15) is 0 Å². The van der Waals surface area contributed by atoms with Crippen molar-refractivity contribution in [1.29, 1.82) is 0 Å². The fraction of sp³-hybridized carbons (Fsp3) is 0.273. The molecule has 0 aliphatic carbocycles. The van der Waals surface area contributed by atoms with E-state index in [9.17, 15) is 9.59 Å². The molecule has 17 heavy (non-hydrogen) atoms. The molecule has 0 saturated carbocycles. The van der Waals surface area contributed by atoms with Crippen molar-refractivity contribution in [1.82, 2.24) is 5.32 Å². The highest BCUT2D eigenvalue weighted by Gasteiger charge is 2.06. The number of benzene rings is 1. The molecule has 0 bridgehead atoms. The summed E-state index contributed by atoms with van der Waals surface area (Å²) in [7, 11) is 1.56. The number of nitrogens with two attached hydrogens (primary N) is 1. The number of anilines is 2. The minimum atomic E-state index is -1.01. The summed E-state index contributed by atoms with van der Waals surface area (Å²) in [5, 5.41) is 14.2. The zero-order valence-corrected chi connectivity index (χ0v) is 9.49. The topological polar surface area (TPSA) is 104 Å². The number of aromatic carboxylic acids is 1. The van der Waals surface area contributed by atoms with Gasteiger partial charge in [0.25, 0.3) is 0 Å². The zero-order valence-electron chi connectivity index (χ0n) is 9.49. The van der Waals surface area contributed by atoms with E-state index in [1.807, 2.05) is 0 Å². The van der Waals surface area contributed by atoms with Gasteiger partial charge in [-0.05, 0) is 18.2 Å². The Kier molecular flexibility index (Phi) is 4.33. The third kappa shape index (κ3) is 3.67. The number of carbonyl (C=O) groups excluding carboxylic acids is 1. The molecular weight excluding hydrogens is 222 g/mol. The van der Waals surface area contributed by atoms with Gasteiger partial charge in [-0.25, -0.2) is 4.79 Å². The summed E-state index contributed by atoms with van der Waals surface area (Å²) < 4.78 is 0. The van der Waals surface area contributed by atoms with Crippen molar-refractivity contribution < 1.29 is 14.7 Å². The monoisotopic (exact) mass is 237 g/mol. The predicted octanol–water partition coefficient (Wildman–Crippen LogP) is 0.515. The van der Waals surface area contributed by atoms with Crippen LogP contribution in [0.3, 0.4) is 0 Å². The molecule has 6 heteroatoms. The van der Waals surface area contributed by atoms with Crippen LogP contribution in [0.25, 0.3) is 0 Å². The average molecular weight is 237 g/mol. The summed E-state index contributed by atoms with van der Waals surface area (Å²) in [6, 6.07) is 4.40. The van der Waals surface area contributed by atoms with Gasteiger partial charge in [-0.15, -0.1) is 0 Å². The Morgan fingerprint density at radius 3 is 2.71 bits per heavy atom. The van der Waals surface area contributed by atoms with E-state index < -0.39 is 5.97 Å². The lowest BCUT2D eigenvalue weighted by Crippen LogP contribution is -2.21. The summed E-state index contributed by atoms with van der Waals surface area (Å²) in [5.41, 5.74) is 6.81. The van der Waals surface area contributed by atoms with Crippen LogP contribution in [0.1, 0.15) is 16.8 Å². The van der Waals surface area contributed by atoms with Crippen LogP contribution in [0.4, 0.5) is 11.4 Å².